The summed E-state index contributed by atoms with van der Waals surface area (Å²) in [7, 11) is 3.41. The number of benzene rings is 2. The van der Waals surface area contributed by atoms with Gasteiger partial charge in [0.1, 0.15) is 5.76 Å². The minimum absolute atomic E-state index is 0.0239. The zero-order chi connectivity index (χ0) is 20.5. The molecule has 146 valence electrons. The Morgan fingerprint density at radius 1 is 0.893 bits per heavy atom. The van der Waals surface area contributed by atoms with Crippen LogP contribution in [-0.4, -0.2) is 45.0 Å². The number of carbonyl (C=O) groups excluding carboxylic acids is 3. The summed E-state index contributed by atoms with van der Waals surface area (Å²) in [5.74, 6) is -2.83. The first-order valence-electron chi connectivity index (χ1n) is 8.34. The predicted molar refractivity (Wildman–Crippen MR) is 99.0 cm³/mol. The second kappa shape index (κ2) is 7.22. The second-order valence-electron chi connectivity index (χ2n) is 5.99. The average Bonchev–Trinajstić information content (AvgIpc) is 3.05. The molecule has 1 heterocycles. The van der Waals surface area contributed by atoms with Crippen molar-refractivity contribution in [2.24, 2.45) is 0 Å². The topological polar surface area (TPSA) is 91.4 Å². The molecule has 28 heavy (non-hydrogen) atoms. The van der Waals surface area contributed by atoms with Crippen molar-refractivity contribution < 1.29 is 33.3 Å². The van der Waals surface area contributed by atoms with Crippen molar-refractivity contribution in [2.75, 3.05) is 26.2 Å². The van der Waals surface area contributed by atoms with Gasteiger partial charge in [-0.15, -0.1) is 0 Å². The number of fused-ring (bicyclic) bond motifs is 1. The predicted octanol–water partition coefficient (Wildman–Crippen LogP) is 2.12. The van der Waals surface area contributed by atoms with Crippen molar-refractivity contribution in [1.82, 2.24) is 0 Å². The second-order valence-corrected chi connectivity index (χ2v) is 5.99. The number of allylic oxidation sites excluding steroid dienone is 1. The van der Waals surface area contributed by atoms with Crippen LogP contribution < -0.4 is 4.90 Å². The van der Waals surface area contributed by atoms with Gasteiger partial charge in [-0.3, -0.25) is 4.90 Å². The van der Waals surface area contributed by atoms with E-state index < -0.39 is 23.6 Å². The molecule has 0 saturated carbocycles. The van der Waals surface area contributed by atoms with Crippen molar-refractivity contribution >= 4 is 34.4 Å². The molecular weight excluding hydrogens is 366 g/mol. The van der Waals surface area contributed by atoms with Crippen molar-refractivity contribution in [1.29, 1.82) is 0 Å². The molecule has 0 unspecified atom stereocenters. The van der Waals surface area contributed by atoms with Gasteiger partial charge in [0.2, 0.25) is 0 Å². The third-order valence-corrected chi connectivity index (χ3v) is 4.47. The molecule has 0 aliphatic carbocycles. The maximum atomic E-state index is 12.7. The fraction of sp³-hybridized carbons (Fsp3) is 0.250. The first-order valence-corrected chi connectivity index (χ1v) is 8.34. The van der Waals surface area contributed by atoms with E-state index in [9.17, 15) is 14.4 Å². The SMILES string of the molecule is COC(=O)C1=C(C)OC(C(=O)OC)(C(=O)OC)N1c1ccc2ccccc2c1. The van der Waals surface area contributed by atoms with E-state index in [1.165, 1.54) is 14.0 Å². The van der Waals surface area contributed by atoms with Crippen LogP contribution in [-0.2, 0) is 33.3 Å². The van der Waals surface area contributed by atoms with E-state index in [1.807, 2.05) is 24.3 Å². The van der Waals surface area contributed by atoms with Gasteiger partial charge >= 0.3 is 23.6 Å². The summed E-state index contributed by atoms with van der Waals surface area (Å²) in [4.78, 5) is 39.1. The highest BCUT2D eigenvalue weighted by molar-refractivity contribution is 6.12. The number of ether oxygens (including phenoxy) is 4. The van der Waals surface area contributed by atoms with Crippen molar-refractivity contribution in [3.8, 4) is 0 Å². The highest BCUT2D eigenvalue weighted by Gasteiger charge is 2.63. The normalized spacial score (nSPS) is 15.2. The molecule has 2 aromatic carbocycles. The third kappa shape index (κ3) is 2.74. The Hall–Kier alpha value is -3.55. The third-order valence-electron chi connectivity index (χ3n) is 4.47. The summed E-state index contributed by atoms with van der Waals surface area (Å²) in [6, 6.07) is 12.7. The monoisotopic (exact) mass is 385 g/mol. The van der Waals surface area contributed by atoms with Crippen LogP contribution in [0.25, 0.3) is 10.8 Å². The van der Waals surface area contributed by atoms with Crippen LogP contribution in [0.3, 0.4) is 0 Å². The van der Waals surface area contributed by atoms with Crippen LogP contribution in [0, 0.1) is 0 Å². The van der Waals surface area contributed by atoms with Crippen molar-refractivity contribution in [3.05, 3.63) is 53.9 Å². The van der Waals surface area contributed by atoms with Gasteiger partial charge in [-0.05, 0) is 29.8 Å². The molecule has 3 rings (SSSR count). The van der Waals surface area contributed by atoms with Crippen molar-refractivity contribution in [3.63, 3.8) is 0 Å². The van der Waals surface area contributed by atoms with E-state index in [0.717, 1.165) is 29.9 Å². The van der Waals surface area contributed by atoms with Crippen LogP contribution in [0.15, 0.2) is 53.9 Å². The maximum absolute atomic E-state index is 12.7. The zero-order valence-electron chi connectivity index (χ0n) is 15.8. The molecule has 0 aromatic heterocycles. The molecule has 1 aliphatic rings. The highest BCUT2D eigenvalue weighted by atomic mass is 16.6. The summed E-state index contributed by atoms with van der Waals surface area (Å²) < 4.78 is 20.1. The lowest BCUT2D eigenvalue weighted by atomic mass is 10.1. The molecule has 0 spiro atoms. The number of hydrogen-bond donors (Lipinski definition) is 0. The van der Waals surface area contributed by atoms with E-state index in [0.29, 0.717) is 5.69 Å². The zero-order valence-corrected chi connectivity index (χ0v) is 15.8. The molecule has 0 atom stereocenters. The first-order chi connectivity index (χ1) is 13.4. The van der Waals surface area contributed by atoms with E-state index in [2.05, 4.69) is 0 Å². The summed E-state index contributed by atoms with van der Waals surface area (Å²) in [6.07, 6.45) is 0. The Balaban J connectivity index is 2.30. The Morgan fingerprint density at radius 2 is 1.50 bits per heavy atom. The van der Waals surface area contributed by atoms with Crippen LogP contribution in [0.2, 0.25) is 0 Å². The van der Waals surface area contributed by atoms with Crippen LogP contribution in [0.5, 0.6) is 0 Å². The minimum atomic E-state index is -2.35. The molecule has 8 heteroatoms. The molecule has 1 aliphatic heterocycles. The van der Waals surface area contributed by atoms with E-state index in [-0.39, 0.29) is 11.5 Å². The van der Waals surface area contributed by atoms with Crippen LogP contribution in [0.1, 0.15) is 6.92 Å². The molecule has 8 nitrogen and oxygen atoms in total. The number of anilines is 1. The molecule has 0 amide bonds. The quantitative estimate of drug-likeness (QED) is 0.449. The number of hydrogen-bond acceptors (Lipinski definition) is 8. The summed E-state index contributed by atoms with van der Waals surface area (Å²) >= 11 is 0. The minimum Gasteiger partial charge on any atom is -0.464 e. The Kier molecular flexibility index (Phi) is 4.96. The Labute approximate surface area is 161 Å². The van der Waals surface area contributed by atoms with Gasteiger partial charge in [0.05, 0.1) is 21.3 Å². The Bertz CT molecular complexity index is 979. The Morgan fingerprint density at radius 3 is 2.07 bits per heavy atom. The van der Waals surface area contributed by atoms with Gasteiger partial charge in [-0.25, -0.2) is 14.4 Å². The van der Waals surface area contributed by atoms with Gasteiger partial charge < -0.3 is 18.9 Å². The fourth-order valence-corrected chi connectivity index (χ4v) is 3.21. The molecule has 0 saturated heterocycles. The number of nitrogens with zero attached hydrogens (tertiary/aromatic N) is 1. The molecule has 0 bridgehead atoms. The van der Waals surface area contributed by atoms with Gasteiger partial charge in [0, 0.05) is 5.69 Å². The first kappa shape index (κ1) is 19.2. The smallest absolute Gasteiger partial charge is 0.385 e. The van der Waals surface area contributed by atoms with Gasteiger partial charge in [-0.2, -0.15) is 0 Å². The lowest BCUT2D eigenvalue weighted by Gasteiger charge is -2.34. The summed E-state index contributed by atoms with van der Waals surface area (Å²) in [5.41, 5.74) is -2.10. The van der Waals surface area contributed by atoms with Gasteiger partial charge in [0.25, 0.3) is 0 Å². The largest absolute Gasteiger partial charge is 0.464 e. The van der Waals surface area contributed by atoms with Crippen LogP contribution >= 0.6 is 0 Å². The maximum Gasteiger partial charge on any atom is 0.385 e. The van der Waals surface area contributed by atoms with Crippen molar-refractivity contribution in [2.45, 2.75) is 12.6 Å². The fourth-order valence-electron chi connectivity index (χ4n) is 3.21. The van der Waals surface area contributed by atoms with Gasteiger partial charge in [-0.1, -0.05) is 30.3 Å². The number of esters is 3. The molecule has 0 fully saturated rings. The lowest BCUT2D eigenvalue weighted by Crippen LogP contribution is -2.60. The standard InChI is InChI=1S/C20H19NO7/c1-12-16(17(22)25-2)21(20(28-12,18(23)26-3)19(24)27-4)15-10-9-13-7-5-6-8-14(13)11-15/h5-11H,1-4H3. The molecule has 0 radical (unpaired) electrons. The average molecular weight is 385 g/mol. The van der Waals surface area contributed by atoms with Crippen LogP contribution in [0.4, 0.5) is 5.69 Å². The number of carbonyl (C=O) groups is 3. The summed E-state index contributed by atoms with van der Waals surface area (Å²) in [5, 5.41) is 1.77. The molecule has 0 N–H and O–H groups in total. The number of rotatable bonds is 4. The summed E-state index contributed by atoms with van der Waals surface area (Å²) in [6.45, 7) is 1.45. The highest BCUT2D eigenvalue weighted by Crippen LogP contribution is 2.41. The van der Waals surface area contributed by atoms with Gasteiger partial charge in [0.15, 0.2) is 5.70 Å². The van der Waals surface area contributed by atoms with E-state index in [4.69, 9.17) is 18.9 Å². The number of methoxy groups -OCH3 is 3. The molecular formula is C20H19NO7. The lowest BCUT2D eigenvalue weighted by molar-refractivity contribution is -0.179. The van der Waals surface area contributed by atoms with E-state index >= 15 is 0 Å². The molecule has 2 aromatic rings. The van der Waals surface area contributed by atoms with E-state index in [1.54, 1.807) is 18.2 Å².